The van der Waals surface area contributed by atoms with Crippen LogP contribution in [0, 0.1) is 11.3 Å². The van der Waals surface area contributed by atoms with Crippen LogP contribution in [0.4, 0.5) is 4.79 Å². The first-order valence-corrected chi connectivity index (χ1v) is 12.4. The number of aromatic nitrogens is 3. The number of nitriles is 1. The Balaban J connectivity index is 1.45. The number of amides is 1. The van der Waals surface area contributed by atoms with Gasteiger partial charge >= 0.3 is 6.09 Å². The summed E-state index contributed by atoms with van der Waals surface area (Å²) in [5, 5.41) is 17.5. The van der Waals surface area contributed by atoms with E-state index in [1.807, 2.05) is 55.7 Å². The number of alkyl halides is 1. The van der Waals surface area contributed by atoms with E-state index in [4.69, 9.17) is 16.3 Å². The first-order chi connectivity index (χ1) is 17.1. The summed E-state index contributed by atoms with van der Waals surface area (Å²) in [7, 11) is 0. The van der Waals surface area contributed by atoms with Gasteiger partial charge in [0.2, 0.25) is 0 Å². The maximum absolute atomic E-state index is 13.0. The zero-order valence-electron chi connectivity index (χ0n) is 20.7. The summed E-state index contributed by atoms with van der Waals surface area (Å²) in [5.41, 5.74) is 5.26. The summed E-state index contributed by atoms with van der Waals surface area (Å²) in [6.07, 6.45) is 5.73. The molecule has 2 heterocycles. The fourth-order valence-electron chi connectivity index (χ4n) is 4.82. The molecule has 2 aliphatic rings. The van der Waals surface area contributed by atoms with Crippen molar-refractivity contribution >= 4 is 23.3 Å². The summed E-state index contributed by atoms with van der Waals surface area (Å²) in [6.45, 7) is 6.26. The number of hydrogen-bond donors (Lipinski definition) is 0. The average Bonchev–Trinajstić information content (AvgIpc) is 3.24. The normalized spacial score (nSPS) is 19.4. The lowest BCUT2D eigenvalue weighted by atomic mass is 9.81. The molecule has 0 radical (unpaired) electrons. The lowest BCUT2D eigenvalue weighted by molar-refractivity contribution is 0.0214. The second-order valence-electron chi connectivity index (χ2n) is 10.4. The van der Waals surface area contributed by atoms with Crippen LogP contribution in [0.2, 0.25) is 0 Å². The molecule has 1 unspecified atom stereocenters. The number of benzene rings is 2. The number of nitrogens with zero attached hydrogens (tertiary/aromatic N) is 5. The summed E-state index contributed by atoms with van der Waals surface area (Å²) in [5.74, 6) is 0.679. The summed E-state index contributed by atoms with van der Waals surface area (Å²) in [4.78, 5) is 14.1. The zero-order valence-corrected chi connectivity index (χ0v) is 21.4. The number of rotatable bonds is 2. The van der Waals surface area contributed by atoms with Crippen molar-refractivity contribution in [3.05, 3.63) is 82.9 Å². The Morgan fingerprint density at radius 3 is 2.75 bits per heavy atom. The van der Waals surface area contributed by atoms with Gasteiger partial charge in [-0.15, -0.1) is 21.8 Å². The molecule has 0 bridgehead atoms. The molecule has 3 aromatic rings. The maximum atomic E-state index is 13.0. The van der Waals surface area contributed by atoms with Gasteiger partial charge in [-0.1, -0.05) is 30.3 Å². The Kier molecular flexibility index (Phi) is 6.09. The van der Waals surface area contributed by atoms with Gasteiger partial charge < -0.3 is 4.74 Å². The summed E-state index contributed by atoms with van der Waals surface area (Å²) in [6, 6.07) is 16.1. The van der Waals surface area contributed by atoms with Crippen LogP contribution in [0.15, 0.2) is 54.9 Å². The fourth-order valence-corrected chi connectivity index (χ4v) is 5.11. The zero-order chi connectivity index (χ0) is 25.5. The van der Waals surface area contributed by atoms with Crippen molar-refractivity contribution in [2.45, 2.75) is 63.6 Å². The van der Waals surface area contributed by atoms with E-state index in [0.717, 1.165) is 35.2 Å². The molecule has 1 amide bonds. The van der Waals surface area contributed by atoms with Gasteiger partial charge in [0.15, 0.2) is 5.82 Å². The molecule has 1 aromatic heterocycles. The minimum Gasteiger partial charge on any atom is -0.444 e. The largest absolute Gasteiger partial charge is 0.444 e. The second kappa shape index (κ2) is 9.11. The number of carbonyl (C=O) groups excluding carboxylic acids is 1. The van der Waals surface area contributed by atoms with Gasteiger partial charge in [-0.3, -0.25) is 9.47 Å². The quantitative estimate of drug-likeness (QED) is 0.396. The first-order valence-electron chi connectivity index (χ1n) is 12.0. The Morgan fingerprint density at radius 1 is 1.19 bits per heavy atom. The molecule has 36 heavy (non-hydrogen) atoms. The number of hydrogen-bond acceptors (Lipinski definition) is 5. The third-order valence-electron chi connectivity index (χ3n) is 6.65. The molecular weight excluding hydrogens is 474 g/mol. The Hall–Kier alpha value is -3.63. The second-order valence-corrected chi connectivity index (χ2v) is 11.1. The van der Waals surface area contributed by atoms with E-state index in [0.29, 0.717) is 30.9 Å². The molecule has 0 saturated carbocycles. The third-order valence-corrected chi connectivity index (χ3v) is 7.21. The van der Waals surface area contributed by atoms with Gasteiger partial charge in [-0.05, 0) is 80.5 Å². The molecule has 1 aliphatic carbocycles. The summed E-state index contributed by atoms with van der Waals surface area (Å²) >= 11 is 7.23. The standard InChI is InChI=1S/C28H28ClN5O2/c1-27(2,3)36-26(35)33-16-22-14-23(7-8-24(22)34-18-31-32-25(34)17-33)28(29)11-9-20(10-12-28)21-6-4-5-19(13-21)15-30/h4-9,13-14,18H,10-12,16-17H2,1-3H3. The average molecular weight is 502 g/mol. The lowest BCUT2D eigenvalue weighted by Gasteiger charge is -2.32. The van der Waals surface area contributed by atoms with E-state index >= 15 is 0 Å². The van der Waals surface area contributed by atoms with E-state index in [1.54, 1.807) is 11.2 Å². The highest BCUT2D eigenvalue weighted by Crippen LogP contribution is 2.45. The molecule has 0 saturated heterocycles. The molecular formula is C28H28ClN5O2. The molecule has 0 N–H and O–H groups in total. The van der Waals surface area contributed by atoms with Crippen molar-refractivity contribution in [3.8, 4) is 11.8 Å². The highest BCUT2D eigenvalue weighted by molar-refractivity contribution is 6.24. The number of carbonyl (C=O) groups is 1. The van der Waals surface area contributed by atoms with Crippen LogP contribution in [0.25, 0.3) is 11.3 Å². The van der Waals surface area contributed by atoms with Crippen molar-refractivity contribution in [1.82, 2.24) is 19.7 Å². The smallest absolute Gasteiger partial charge is 0.411 e. The van der Waals surface area contributed by atoms with Crippen molar-refractivity contribution in [2.24, 2.45) is 0 Å². The molecule has 1 aliphatic heterocycles. The van der Waals surface area contributed by atoms with Crippen LogP contribution in [-0.2, 0) is 22.7 Å². The van der Waals surface area contributed by atoms with Crippen molar-refractivity contribution < 1.29 is 9.53 Å². The molecule has 0 spiro atoms. The van der Waals surface area contributed by atoms with Crippen LogP contribution in [0.5, 0.6) is 0 Å². The first kappa shape index (κ1) is 24.1. The minimum atomic E-state index is -0.596. The van der Waals surface area contributed by atoms with Gasteiger partial charge in [0.05, 0.1) is 35.3 Å². The van der Waals surface area contributed by atoms with Gasteiger partial charge in [-0.25, -0.2) is 4.79 Å². The van der Waals surface area contributed by atoms with Gasteiger partial charge in [0.1, 0.15) is 11.9 Å². The molecule has 0 fully saturated rings. The maximum Gasteiger partial charge on any atom is 0.411 e. The molecule has 7 nitrogen and oxygen atoms in total. The van der Waals surface area contributed by atoms with E-state index in [-0.39, 0.29) is 6.09 Å². The van der Waals surface area contributed by atoms with Crippen molar-refractivity contribution in [1.29, 1.82) is 5.26 Å². The Morgan fingerprint density at radius 2 is 2.03 bits per heavy atom. The van der Waals surface area contributed by atoms with Crippen molar-refractivity contribution in [2.75, 3.05) is 0 Å². The molecule has 2 aromatic carbocycles. The van der Waals surface area contributed by atoms with Crippen molar-refractivity contribution in [3.63, 3.8) is 0 Å². The molecule has 8 heteroatoms. The molecule has 1 atom stereocenters. The fraction of sp³-hybridized carbons (Fsp3) is 0.357. The van der Waals surface area contributed by atoms with Gasteiger partial charge in [0.25, 0.3) is 0 Å². The van der Waals surface area contributed by atoms with E-state index in [9.17, 15) is 10.1 Å². The van der Waals surface area contributed by atoms with Crippen LogP contribution in [0.1, 0.15) is 68.1 Å². The third kappa shape index (κ3) is 4.74. The SMILES string of the molecule is CC(C)(C)OC(=O)N1Cc2cc(C3(Cl)CC=C(c4cccc(C#N)c4)CC3)ccc2-n2cnnc2C1. The predicted molar refractivity (Wildman–Crippen MR) is 137 cm³/mol. The van der Waals surface area contributed by atoms with Gasteiger partial charge in [-0.2, -0.15) is 5.26 Å². The number of halogens is 1. The summed E-state index contributed by atoms with van der Waals surface area (Å²) < 4.78 is 7.57. The van der Waals surface area contributed by atoms with E-state index < -0.39 is 10.5 Å². The van der Waals surface area contributed by atoms with Crippen LogP contribution < -0.4 is 0 Å². The number of fused-ring (bicyclic) bond motifs is 3. The lowest BCUT2D eigenvalue weighted by Crippen LogP contribution is -2.36. The Bertz CT molecular complexity index is 1400. The van der Waals surface area contributed by atoms with E-state index in [1.165, 1.54) is 5.57 Å². The van der Waals surface area contributed by atoms with Gasteiger partial charge in [0, 0.05) is 0 Å². The topological polar surface area (TPSA) is 84.0 Å². The van der Waals surface area contributed by atoms with Crippen LogP contribution >= 0.6 is 11.6 Å². The highest BCUT2D eigenvalue weighted by atomic mass is 35.5. The van der Waals surface area contributed by atoms with Crippen LogP contribution in [-0.4, -0.2) is 31.4 Å². The monoisotopic (exact) mass is 501 g/mol. The minimum absolute atomic E-state index is 0.304. The number of ether oxygens (including phenoxy) is 1. The highest BCUT2D eigenvalue weighted by Gasteiger charge is 2.34. The van der Waals surface area contributed by atoms with Crippen LogP contribution in [0.3, 0.4) is 0 Å². The molecule has 5 rings (SSSR count). The Labute approximate surface area is 216 Å². The number of allylic oxidation sites excluding steroid dienone is 2. The predicted octanol–water partition coefficient (Wildman–Crippen LogP) is 6.09. The molecule has 184 valence electrons. The van der Waals surface area contributed by atoms with E-state index in [2.05, 4.69) is 34.5 Å².